The molecule has 0 aliphatic carbocycles. The molecular weight excluding hydrogens is 246 g/mol. The predicted octanol–water partition coefficient (Wildman–Crippen LogP) is 0.507. The lowest BCUT2D eigenvalue weighted by Gasteiger charge is -2.32. The average Bonchev–Trinajstić information content (AvgIpc) is 2.41. The van der Waals surface area contributed by atoms with E-state index in [1.807, 2.05) is 24.3 Å². The summed E-state index contributed by atoms with van der Waals surface area (Å²) in [5.41, 5.74) is 1.96. The first kappa shape index (κ1) is 14.0. The number of morpholine rings is 1. The fourth-order valence-electron chi connectivity index (χ4n) is 2.23. The Balaban J connectivity index is 1.90. The molecule has 0 amide bonds. The van der Waals surface area contributed by atoms with Gasteiger partial charge in [-0.3, -0.25) is 9.69 Å². The standard InChI is InChI=1S/C14H19NO4/c16-10-13-9-15(5-6-19-13)8-12-3-1-11(2-4-12)7-14(17)18/h1-4,13,16H,5-10H2,(H,17,18). The Morgan fingerprint density at radius 3 is 2.63 bits per heavy atom. The molecule has 104 valence electrons. The molecular formula is C14H19NO4. The van der Waals surface area contributed by atoms with Gasteiger partial charge in [-0.05, 0) is 11.1 Å². The molecule has 0 bridgehead atoms. The molecule has 1 unspecified atom stereocenters. The average molecular weight is 265 g/mol. The molecule has 2 rings (SSSR count). The molecule has 0 saturated carbocycles. The van der Waals surface area contributed by atoms with Crippen molar-refractivity contribution >= 4 is 5.97 Å². The highest BCUT2D eigenvalue weighted by Crippen LogP contribution is 2.11. The van der Waals surface area contributed by atoms with Gasteiger partial charge >= 0.3 is 5.97 Å². The molecule has 0 aromatic heterocycles. The van der Waals surface area contributed by atoms with Crippen molar-refractivity contribution in [3.63, 3.8) is 0 Å². The molecule has 1 aromatic carbocycles. The summed E-state index contributed by atoms with van der Waals surface area (Å²) in [4.78, 5) is 12.8. The largest absolute Gasteiger partial charge is 0.481 e. The smallest absolute Gasteiger partial charge is 0.307 e. The van der Waals surface area contributed by atoms with Gasteiger partial charge in [0.1, 0.15) is 0 Å². The third-order valence-corrected chi connectivity index (χ3v) is 3.21. The van der Waals surface area contributed by atoms with E-state index in [1.54, 1.807) is 0 Å². The number of aliphatic hydroxyl groups is 1. The van der Waals surface area contributed by atoms with E-state index in [1.165, 1.54) is 0 Å². The summed E-state index contributed by atoms with van der Waals surface area (Å²) in [5.74, 6) is -0.813. The lowest BCUT2D eigenvalue weighted by atomic mass is 10.1. The number of carboxylic acid groups (broad SMARTS) is 1. The van der Waals surface area contributed by atoms with Gasteiger partial charge in [0.2, 0.25) is 0 Å². The molecule has 0 spiro atoms. The second-order valence-corrected chi connectivity index (χ2v) is 4.80. The van der Waals surface area contributed by atoms with Crippen molar-refractivity contribution in [1.29, 1.82) is 0 Å². The van der Waals surface area contributed by atoms with Crippen LogP contribution < -0.4 is 0 Å². The van der Waals surface area contributed by atoms with Crippen LogP contribution in [-0.4, -0.2) is 53.5 Å². The predicted molar refractivity (Wildman–Crippen MR) is 69.9 cm³/mol. The minimum absolute atomic E-state index is 0.0497. The Labute approximate surface area is 112 Å². The van der Waals surface area contributed by atoms with Crippen LogP contribution in [0.15, 0.2) is 24.3 Å². The van der Waals surface area contributed by atoms with Crippen LogP contribution in [0.3, 0.4) is 0 Å². The summed E-state index contributed by atoms with van der Waals surface area (Å²) < 4.78 is 5.40. The molecule has 1 aliphatic rings. The van der Waals surface area contributed by atoms with Gasteiger partial charge < -0.3 is 14.9 Å². The van der Waals surface area contributed by atoms with Crippen molar-refractivity contribution in [2.75, 3.05) is 26.3 Å². The van der Waals surface area contributed by atoms with Crippen molar-refractivity contribution in [2.45, 2.75) is 19.1 Å². The fraction of sp³-hybridized carbons (Fsp3) is 0.500. The van der Waals surface area contributed by atoms with Gasteiger partial charge in [0.15, 0.2) is 0 Å². The van der Waals surface area contributed by atoms with Gasteiger partial charge in [0.05, 0.1) is 25.7 Å². The minimum atomic E-state index is -0.813. The Bertz CT molecular complexity index is 418. The Hall–Kier alpha value is -1.43. The van der Waals surface area contributed by atoms with Crippen LogP contribution in [0, 0.1) is 0 Å². The van der Waals surface area contributed by atoms with E-state index in [9.17, 15) is 4.79 Å². The summed E-state index contributed by atoms with van der Waals surface area (Å²) in [7, 11) is 0. The Kier molecular flexibility index (Phi) is 4.90. The summed E-state index contributed by atoms with van der Waals surface area (Å²) in [6.45, 7) is 3.07. The summed E-state index contributed by atoms with van der Waals surface area (Å²) in [5, 5.41) is 17.8. The molecule has 1 atom stereocenters. The van der Waals surface area contributed by atoms with Gasteiger partial charge in [-0.1, -0.05) is 24.3 Å². The van der Waals surface area contributed by atoms with Crippen molar-refractivity contribution in [3.8, 4) is 0 Å². The molecule has 2 N–H and O–H groups in total. The van der Waals surface area contributed by atoms with E-state index in [0.29, 0.717) is 6.61 Å². The zero-order valence-electron chi connectivity index (χ0n) is 10.8. The topological polar surface area (TPSA) is 70.0 Å². The van der Waals surface area contributed by atoms with Gasteiger partial charge in [0.25, 0.3) is 0 Å². The molecule has 5 nitrogen and oxygen atoms in total. The van der Waals surface area contributed by atoms with Crippen molar-refractivity contribution in [2.24, 2.45) is 0 Å². The first-order valence-electron chi connectivity index (χ1n) is 6.42. The highest BCUT2D eigenvalue weighted by molar-refractivity contribution is 5.70. The van der Waals surface area contributed by atoms with Gasteiger partial charge in [-0.15, -0.1) is 0 Å². The first-order valence-corrected chi connectivity index (χ1v) is 6.42. The number of aliphatic carboxylic acids is 1. The maximum absolute atomic E-state index is 10.6. The van der Waals surface area contributed by atoms with E-state index >= 15 is 0 Å². The third-order valence-electron chi connectivity index (χ3n) is 3.21. The van der Waals surface area contributed by atoms with Crippen LogP contribution >= 0.6 is 0 Å². The summed E-state index contributed by atoms with van der Waals surface area (Å²) in [6.07, 6.45) is -0.0372. The number of nitrogens with zero attached hydrogens (tertiary/aromatic N) is 1. The highest BCUT2D eigenvalue weighted by Gasteiger charge is 2.19. The molecule has 1 aromatic rings. The molecule has 1 fully saturated rings. The molecule has 0 radical (unpaired) electrons. The maximum atomic E-state index is 10.6. The number of aliphatic hydroxyl groups excluding tert-OH is 1. The lowest BCUT2D eigenvalue weighted by molar-refractivity contribution is -0.136. The van der Waals surface area contributed by atoms with Gasteiger partial charge in [0, 0.05) is 19.6 Å². The van der Waals surface area contributed by atoms with Crippen molar-refractivity contribution in [3.05, 3.63) is 35.4 Å². The second-order valence-electron chi connectivity index (χ2n) is 4.80. The number of rotatable bonds is 5. The minimum Gasteiger partial charge on any atom is -0.481 e. The lowest BCUT2D eigenvalue weighted by Crippen LogP contribution is -2.43. The number of benzene rings is 1. The third kappa shape index (κ3) is 4.31. The van der Waals surface area contributed by atoms with Gasteiger partial charge in [-0.25, -0.2) is 0 Å². The van der Waals surface area contributed by atoms with Crippen LogP contribution in [0.2, 0.25) is 0 Å². The van der Waals surface area contributed by atoms with Crippen LogP contribution in [0.25, 0.3) is 0 Å². The molecule has 5 heteroatoms. The Morgan fingerprint density at radius 2 is 2.00 bits per heavy atom. The number of carboxylic acids is 1. The van der Waals surface area contributed by atoms with Crippen LogP contribution in [-0.2, 0) is 22.5 Å². The Morgan fingerprint density at radius 1 is 1.32 bits per heavy atom. The van der Waals surface area contributed by atoms with E-state index in [4.69, 9.17) is 14.9 Å². The molecule has 1 heterocycles. The maximum Gasteiger partial charge on any atom is 0.307 e. The van der Waals surface area contributed by atoms with Crippen molar-refractivity contribution in [1.82, 2.24) is 4.90 Å². The number of ether oxygens (including phenoxy) is 1. The summed E-state index contributed by atoms with van der Waals surface area (Å²) in [6, 6.07) is 7.63. The SMILES string of the molecule is O=C(O)Cc1ccc(CN2CCOC(CO)C2)cc1. The van der Waals surface area contributed by atoms with E-state index in [-0.39, 0.29) is 19.1 Å². The number of hydrogen-bond acceptors (Lipinski definition) is 4. The van der Waals surface area contributed by atoms with E-state index < -0.39 is 5.97 Å². The van der Waals surface area contributed by atoms with Gasteiger partial charge in [-0.2, -0.15) is 0 Å². The molecule has 1 saturated heterocycles. The first-order chi connectivity index (χ1) is 9.17. The van der Waals surface area contributed by atoms with Crippen LogP contribution in [0.5, 0.6) is 0 Å². The van der Waals surface area contributed by atoms with E-state index in [2.05, 4.69) is 4.90 Å². The normalized spacial score (nSPS) is 20.4. The zero-order chi connectivity index (χ0) is 13.7. The van der Waals surface area contributed by atoms with E-state index in [0.717, 1.165) is 30.8 Å². The fourth-order valence-corrected chi connectivity index (χ4v) is 2.23. The van der Waals surface area contributed by atoms with Crippen LogP contribution in [0.1, 0.15) is 11.1 Å². The second kappa shape index (κ2) is 6.65. The number of hydrogen-bond donors (Lipinski definition) is 2. The molecule has 1 aliphatic heterocycles. The quantitative estimate of drug-likeness (QED) is 0.811. The molecule has 19 heavy (non-hydrogen) atoms. The highest BCUT2D eigenvalue weighted by atomic mass is 16.5. The monoisotopic (exact) mass is 265 g/mol. The van der Waals surface area contributed by atoms with Crippen LogP contribution in [0.4, 0.5) is 0 Å². The van der Waals surface area contributed by atoms with Crippen molar-refractivity contribution < 1.29 is 19.7 Å². The zero-order valence-corrected chi connectivity index (χ0v) is 10.8. The number of carbonyl (C=O) groups is 1. The summed E-state index contributed by atoms with van der Waals surface area (Å²) >= 11 is 0.